The van der Waals surface area contributed by atoms with Crippen LogP contribution in [0.15, 0.2) is 27.1 Å². The zero-order valence-corrected chi connectivity index (χ0v) is 12.9. The summed E-state index contributed by atoms with van der Waals surface area (Å²) in [4.78, 5) is 12.2. The van der Waals surface area contributed by atoms with E-state index in [1.165, 1.54) is 0 Å². The molecule has 0 aliphatic heterocycles. The van der Waals surface area contributed by atoms with Crippen molar-refractivity contribution in [2.75, 3.05) is 0 Å². The van der Waals surface area contributed by atoms with Crippen LogP contribution in [0.3, 0.4) is 0 Å². The summed E-state index contributed by atoms with van der Waals surface area (Å²) >= 11 is 6.68. The molecule has 0 aliphatic rings. The van der Waals surface area contributed by atoms with E-state index in [0.717, 1.165) is 8.95 Å². The van der Waals surface area contributed by atoms with Gasteiger partial charge in [0.1, 0.15) is 5.92 Å². The average Bonchev–Trinajstić information content (AvgIpc) is 2.24. The lowest BCUT2D eigenvalue weighted by Crippen LogP contribution is -2.15. The Kier molecular flexibility index (Phi) is 5.35. The molecule has 1 aromatic carbocycles. The minimum absolute atomic E-state index is 0.111. The monoisotopic (exact) mass is 357 g/mol. The fourth-order valence-corrected chi connectivity index (χ4v) is 2.81. The van der Waals surface area contributed by atoms with Gasteiger partial charge in [-0.1, -0.05) is 45.7 Å². The predicted octanol–water partition coefficient (Wildman–Crippen LogP) is 4.58. The average molecular weight is 359 g/mol. The topological polar surface area (TPSA) is 40.9 Å². The Bertz CT molecular complexity index is 463. The fraction of sp³-hybridized carbons (Fsp3) is 0.385. The fourth-order valence-electron chi connectivity index (χ4n) is 1.57. The van der Waals surface area contributed by atoms with Crippen molar-refractivity contribution < 1.29 is 4.79 Å². The van der Waals surface area contributed by atoms with Gasteiger partial charge in [-0.2, -0.15) is 5.26 Å². The van der Waals surface area contributed by atoms with Crippen molar-refractivity contribution in [3.8, 4) is 6.07 Å². The molecule has 0 heterocycles. The second kappa shape index (κ2) is 6.32. The van der Waals surface area contributed by atoms with Gasteiger partial charge in [0, 0.05) is 14.5 Å². The SMILES string of the molecule is CC(C)CC(C#N)C(=O)c1ccc(Br)cc1Br. The zero-order chi connectivity index (χ0) is 13.0. The van der Waals surface area contributed by atoms with Crippen molar-refractivity contribution in [2.45, 2.75) is 20.3 Å². The molecule has 0 aromatic heterocycles. The summed E-state index contributed by atoms with van der Waals surface area (Å²) in [6.45, 7) is 4.02. The van der Waals surface area contributed by atoms with E-state index < -0.39 is 5.92 Å². The molecule has 0 saturated heterocycles. The summed E-state index contributed by atoms with van der Waals surface area (Å²) in [5.74, 6) is -0.342. The largest absolute Gasteiger partial charge is 0.293 e. The van der Waals surface area contributed by atoms with Gasteiger partial charge in [-0.15, -0.1) is 0 Å². The van der Waals surface area contributed by atoms with E-state index in [0.29, 0.717) is 17.9 Å². The Morgan fingerprint density at radius 1 is 1.41 bits per heavy atom. The van der Waals surface area contributed by atoms with Gasteiger partial charge in [0.2, 0.25) is 0 Å². The van der Waals surface area contributed by atoms with E-state index >= 15 is 0 Å². The molecule has 2 nitrogen and oxygen atoms in total. The summed E-state index contributed by atoms with van der Waals surface area (Å²) in [6, 6.07) is 7.45. The van der Waals surface area contributed by atoms with Gasteiger partial charge in [0.05, 0.1) is 6.07 Å². The Balaban J connectivity index is 2.99. The number of halogens is 2. The van der Waals surface area contributed by atoms with Crippen LogP contribution in [-0.4, -0.2) is 5.78 Å². The molecular formula is C13H13Br2NO. The minimum Gasteiger partial charge on any atom is -0.293 e. The number of Topliss-reactive ketones (excluding diaryl/α,β-unsaturated/α-hetero) is 1. The van der Waals surface area contributed by atoms with Crippen LogP contribution in [0.5, 0.6) is 0 Å². The number of nitrogens with zero attached hydrogens (tertiary/aromatic N) is 1. The second-order valence-corrected chi connectivity index (χ2v) is 6.07. The molecule has 1 rings (SSSR count). The molecule has 0 aliphatic carbocycles. The van der Waals surface area contributed by atoms with E-state index in [9.17, 15) is 4.79 Å². The smallest absolute Gasteiger partial charge is 0.181 e. The lowest BCUT2D eigenvalue weighted by molar-refractivity contribution is 0.0936. The highest BCUT2D eigenvalue weighted by Crippen LogP contribution is 2.26. The lowest BCUT2D eigenvalue weighted by Gasteiger charge is -2.11. The maximum Gasteiger partial charge on any atom is 0.181 e. The Hall–Kier alpha value is -0.660. The van der Waals surface area contributed by atoms with Crippen LogP contribution in [0.4, 0.5) is 0 Å². The number of rotatable bonds is 4. The number of ketones is 1. The molecule has 0 bridgehead atoms. The van der Waals surface area contributed by atoms with Crippen LogP contribution in [0, 0.1) is 23.2 Å². The molecule has 0 spiro atoms. The van der Waals surface area contributed by atoms with Crippen molar-refractivity contribution in [3.05, 3.63) is 32.7 Å². The molecule has 1 atom stereocenters. The van der Waals surface area contributed by atoms with Crippen LogP contribution in [0.1, 0.15) is 30.6 Å². The summed E-state index contributed by atoms with van der Waals surface area (Å²) in [5.41, 5.74) is 0.570. The van der Waals surface area contributed by atoms with E-state index in [1.54, 1.807) is 6.07 Å². The lowest BCUT2D eigenvalue weighted by atomic mass is 9.91. The number of nitriles is 1. The van der Waals surface area contributed by atoms with Gasteiger partial charge in [-0.05, 0) is 30.5 Å². The third kappa shape index (κ3) is 3.93. The molecule has 17 heavy (non-hydrogen) atoms. The van der Waals surface area contributed by atoms with E-state index in [2.05, 4.69) is 37.9 Å². The maximum atomic E-state index is 12.2. The van der Waals surface area contributed by atoms with E-state index in [4.69, 9.17) is 5.26 Å². The Labute approximate surface area is 118 Å². The van der Waals surface area contributed by atoms with Crippen molar-refractivity contribution in [3.63, 3.8) is 0 Å². The van der Waals surface area contributed by atoms with Crippen LogP contribution in [0.25, 0.3) is 0 Å². The molecule has 1 aromatic rings. The third-order valence-corrected chi connectivity index (χ3v) is 3.53. The van der Waals surface area contributed by atoms with Gasteiger partial charge in [0.15, 0.2) is 5.78 Å². The van der Waals surface area contributed by atoms with Gasteiger partial charge >= 0.3 is 0 Å². The first-order valence-corrected chi connectivity index (χ1v) is 6.93. The van der Waals surface area contributed by atoms with Gasteiger partial charge < -0.3 is 0 Å². The first-order chi connectivity index (χ1) is 7.95. The highest BCUT2D eigenvalue weighted by molar-refractivity contribution is 9.11. The van der Waals surface area contributed by atoms with Crippen LogP contribution < -0.4 is 0 Å². The van der Waals surface area contributed by atoms with Crippen molar-refractivity contribution in [1.82, 2.24) is 0 Å². The molecule has 0 N–H and O–H groups in total. The first-order valence-electron chi connectivity index (χ1n) is 5.34. The maximum absolute atomic E-state index is 12.2. The van der Waals surface area contributed by atoms with Crippen LogP contribution >= 0.6 is 31.9 Å². The summed E-state index contributed by atoms with van der Waals surface area (Å²) in [6.07, 6.45) is 0.595. The molecule has 4 heteroatoms. The molecule has 0 fully saturated rings. The number of carbonyl (C=O) groups is 1. The number of carbonyl (C=O) groups excluding carboxylic acids is 1. The van der Waals surface area contributed by atoms with E-state index in [1.807, 2.05) is 26.0 Å². The Morgan fingerprint density at radius 3 is 2.53 bits per heavy atom. The second-order valence-electron chi connectivity index (χ2n) is 4.30. The highest BCUT2D eigenvalue weighted by atomic mass is 79.9. The standard InChI is InChI=1S/C13H13Br2NO/c1-8(2)5-9(7-16)13(17)11-4-3-10(14)6-12(11)15/h3-4,6,8-9H,5H2,1-2H3. The summed E-state index contributed by atoms with van der Waals surface area (Å²) in [7, 11) is 0. The van der Waals surface area contributed by atoms with Crippen molar-refractivity contribution in [2.24, 2.45) is 11.8 Å². The van der Waals surface area contributed by atoms with Crippen LogP contribution in [0.2, 0.25) is 0 Å². The summed E-state index contributed by atoms with van der Waals surface area (Å²) < 4.78 is 1.62. The quantitative estimate of drug-likeness (QED) is 0.739. The molecule has 0 saturated carbocycles. The van der Waals surface area contributed by atoms with Crippen molar-refractivity contribution in [1.29, 1.82) is 5.26 Å². The normalized spacial score (nSPS) is 12.2. The third-order valence-electron chi connectivity index (χ3n) is 2.38. The molecule has 0 amide bonds. The predicted molar refractivity (Wildman–Crippen MR) is 74.7 cm³/mol. The molecule has 1 unspecified atom stereocenters. The number of benzene rings is 1. The highest BCUT2D eigenvalue weighted by Gasteiger charge is 2.22. The van der Waals surface area contributed by atoms with Crippen molar-refractivity contribution >= 4 is 37.6 Å². The van der Waals surface area contributed by atoms with Gasteiger partial charge in [-0.25, -0.2) is 0 Å². The molecule has 0 radical (unpaired) electrons. The molecular weight excluding hydrogens is 346 g/mol. The summed E-state index contributed by atoms with van der Waals surface area (Å²) in [5, 5.41) is 9.06. The van der Waals surface area contributed by atoms with Crippen LogP contribution in [-0.2, 0) is 0 Å². The Morgan fingerprint density at radius 2 is 2.06 bits per heavy atom. The number of hydrogen-bond acceptors (Lipinski definition) is 2. The number of hydrogen-bond donors (Lipinski definition) is 0. The minimum atomic E-state index is -0.563. The first kappa shape index (κ1) is 14.4. The van der Waals surface area contributed by atoms with E-state index in [-0.39, 0.29) is 5.78 Å². The zero-order valence-electron chi connectivity index (χ0n) is 9.71. The van der Waals surface area contributed by atoms with Gasteiger partial charge in [-0.3, -0.25) is 4.79 Å². The molecule has 90 valence electrons. The van der Waals surface area contributed by atoms with Gasteiger partial charge in [0.25, 0.3) is 0 Å².